The summed E-state index contributed by atoms with van der Waals surface area (Å²) < 4.78 is 0. The maximum absolute atomic E-state index is 4.62. The van der Waals surface area contributed by atoms with Gasteiger partial charge in [0.2, 0.25) is 0 Å². The van der Waals surface area contributed by atoms with Gasteiger partial charge in [0.05, 0.1) is 5.52 Å². The fourth-order valence-electron chi connectivity index (χ4n) is 2.67. The molecule has 1 saturated heterocycles. The van der Waals surface area contributed by atoms with Crippen LogP contribution in [0.2, 0.25) is 0 Å². The molecule has 96 valence electrons. The highest BCUT2D eigenvalue weighted by molar-refractivity contribution is 5.92. The third kappa shape index (κ3) is 2.30. The third-order valence-corrected chi connectivity index (χ3v) is 3.52. The van der Waals surface area contributed by atoms with Gasteiger partial charge in [0.25, 0.3) is 0 Å². The molecule has 18 heavy (non-hydrogen) atoms. The smallest absolute Gasteiger partial charge is 0.0726 e. The van der Waals surface area contributed by atoms with E-state index >= 15 is 0 Å². The van der Waals surface area contributed by atoms with E-state index in [1.807, 2.05) is 0 Å². The van der Waals surface area contributed by atoms with Crippen LogP contribution in [0.4, 0.5) is 5.69 Å². The third-order valence-electron chi connectivity index (χ3n) is 3.52. The molecule has 2 aromatic rings. The van der Waals surface area contributed by atoms with Gasteiger partial charge in [-0.25, -0.2) is 0 Å². The summed E-state index contributed by atoms with van der Waals surface area (Å²) in [4.78, 5) is 7.12. The Hall–Kier alpha value is -1.28. The maximum Gasteiger partial charge on any atom is 0.0726 e. The van der Waals surface area contributed by atoms with Crippen molar-refractivity contribution in [2.75, 3.05) is 18.0 Å². The fourth-order valence-corrected chi connectivity index (χ4v) is 2.67. The first kappa shape index (κ1) is 13.2. The molecule has 0 unspecified atom stereocenters. The molecule has 3 heteroatoms. The Labute approximate surface area is 114 Å². The lowest BCUT2D eigenvalue weighted by atomic mass is 10.1. The molecular formula is C15H19ClN2. The van der Waals surface area contributed by atoms with E-state index in [0.29, 0.717) is 0 Å². The maximum atomic E-state index is 4.62. The molecule has 0 spiro atoms. The number of nitrogens with zero attached hydrogens (tertiary/aromatic N) is 2. The summed E-state index contributed by atoms with van der Waals surface area (Å²) in [7, 11) is 0. The molecule has 1 fully saturated rings. The summed E-state index contributed by atoms with van der Waals surface area (Å²) in [5.74, 6) is 0. The van der Waals surface area contributed by atoms with Gasteiger partial charge < -0.3 is 4.90 Å². The van der Waals surface area contributed by atoms with Crippen molar-refractivity contribution in [2.45, 2.75) is 26.7 Å². The summed E-state index contributed by atoms with van der Waals surface area (Å²) >= 11 is 0. The molecule has 2 heterocycles. The van der Waals surface area contributed by atoms with Crippen LogP contribution in [0.15, 0.2) is 24.3 Å². The van der Waals surface area contributed by atoms with Crippen LogP contribution in [0, 0.1) is 13.8 Å². The zero-order chi connectivity index (χ0) is 11.8. The molecule has 0 atom stereocenters. The van der Waals surface area contributed by atoms with Crippen molar-refractivity contribution >= 4 is 29.0 Å². The van der Waals surface area contributed by atoms with Crippen molar-refractivity contribution in [3.05, 3.63) is 35.5 Å². The molecule has 0 amide bonds. The van der Waals surface area contributed by atoms with Crippen LogP contribution in [0.5, 0.6) is 0 Å². The summed E-state index contributed by atoms with van der Waals surface area (Å²) in [6.45, 7) is 6.60. The molecule has 0 bridgehead atoms. The second-order valence-electron chi connectivity index (χ2n) is 5.00. The van der Waals surface area contributed by atoms with E-state index in [0.717, 1.165) is 11.2 Å². The van der Waals surface area contributed by atoms with Crippen molar-refractivity contribution in [2.24, 2.45) is 0 Å². The average molecular weight is 263 g/mol. The highest BCUT2D eigenvalue weighted by Crippen LogP contribution is 2.29. The molecule has 0 saturated carbocycles. The van der Waals surface area contributed by atoms with E-state index in [2.05, 4.69) is 48.0 Å². The normalized spacial score (nSPS) is 14.9. The quantitative estimate of drug-likeness (QED) is 0.776. The van der Waals surface area contributed by atoms with Gasteiger partial charge >= 0.3 is 0 Å². The van der Waals surface area contributed by atoms with Crippen molar-refractivity contribution in [1.82, 2.24) is 4.98 Å². The van der Waals surface area contributed by atoms with Gasteiger partial charge in [-0.3, -0.25) is 4.98 Å². The molecule has 3 rings (SSSR count). The largest absolute Gasteiger partial charge is 0.371 e. The van der Waals surface area contributed by atoms with E-state index in [1.165, 1.54) is 42.6 Å². The lowest BCUT2D eigenvalue weighted by molar-refractivity contribution is 0.949. The van der Waals surface area contributed by atoms with Gasteiger partial charge in [-0.05, 0) is 44.9 Å². The molecule has 0 radical (unpaired) electrons. The Morgan fingerprint density at radius 3 is 2.50 bits per heavy atom. The molecule has 0 aliphatic carbocycles. The van der Waals surface area contributed by atoms with E-state index < -0.39 is 0 Å². The first-order valence-electron chi connectivity index (χ1n) is 6.37. The number of rotatable bonds is 1. The predicted molar refractivity (Wildman–Crippen MR) is 79.9 cm³/mol. The van der Waals surface area contributed by atoms with Crippen LogP contribution in [0.1, 0.15) is 24.1 Å². The molecule has 2 nitrogen and oxygen atoms in total. The second-order valence-corrected chi connectivity index (χ2v) is 5.00. The topological polar surface area (TPSA) is 16.1 Å². The monoisotopic (exact) mass is 262 g/mol. The van der Waals surface area contributed by atoms with Crippen LogP contribution < -0.4 is 4.90 Å². The van der Waals surface area contributed by atoms with Crippen LogP contribution in [-0.4, -0.2) is 18.1 Å². The van der Waals surface area contributed by atoms with Crippen molar-refractivity contribution < 1.29 is 0 Å². The van der Waals surface area contributed by atoms with E-state index in [4.69, 9.17) is 0 Å². The van der Waals surface area contributed by atoms with E-state index in [1.54, 1.807) is 0 Å². The lowest BCUT2D eigenvalue weighted by Crippen LogP contribution is -2.18. The van der Waals surface area contributed by atoms with Crippen LogP contribution in [0.3, 0.4) is 0 Å². The summed E-state index contributed by atoms with van der Waals surface area (Å²) in [6.07, 6.45) is 2.63. The lowest BCUT2D eigenvalue weighted by Gasteiger charge is -2.20. The van der Waals surface area contributed by atoms with Crippen molar-refractivity contribution in [1.29, 1.82) is 0 Å². The SMILES string of the molecule is Cc1ccc2nc(C)cc(N3CCCC3)c2c1.Cl. The highest BCUT2D eigenvalue weighted by Gasteiger charge is 2.15. The number of hydrogen-bond donors (Lipinski definition) is 0. The van der Waals surface area contributed by atoms with Crippen LogP contribution in [0.25, 0.3) is 10.9 Å². The number of hydrogen-bond acceptors (Lipinski definition) is 2. The Balaban J connectivity index is 0.00000120. The van der Waals surface area contributed by atoms with Gasteiger partial charge in [-0.15, -0.1) is 12.4 Å². The zero-order valence-corrected chi connectivity index (χ0v) is 11.8. The number of benzene rings is 1. The van der Waals surface area contributed by atoms with E-state index in [9.17, 15) is 0 Å². The number of aryl methyl sites for hydroxylation is 2. The molecule has 0 N–H and O–H groups in total. The Morgan fingerprint density at radius 2 is 1.78 bits per heavy atom. The number of aromatic nitrogens is 1. The number of pyridine rings is 1. The van der Waals surface area contributed by atoms with Crippen molar-refractivity contribution in [3.8, 4) is 0 Å². The van der Waals surface area contributed by atoms with Crippen LogP contribution in [-0.2, 0) is 0 Å². The van der Waals surface area contributed by atoms with Gasteiger partial charge in [0.1, 0.15) is 0 Å². The molecular weight excluding hydrogens is 244 g/mol. The fraction of sp³-hybridized carbons (Fsp3) is 0.400. The first-order valence-corrected chi connectivity index (χ1v) is 6.37. The number of fused-ring (bicyclic) bond motifs is 1. The summed E-state index contributed by atoms with van der Waals surface area (Å²) in [6, 6.07) is 8.77. The minimum absolute atomic E-state index is 0. The zero-order valence-electron chi connectivity index (χ0n) is 10.9. The molecule has 1 aliphatic heterocycles. The minimum Gasteiger partial charge on any atom is -0.371 e. The van der Waals surface area contributed by atoms with Gasteiger partial charge in [-0.1, -0.05) is 11.6 Å². The standard InChI is InChI=1S/C15H18N2.ClH/c1-11-5-6-14-13(9-11)15(10-12(2)16-14)17-7-3-4-8-17;/h5-6,9-10H,3-4,7-8H2,1-2H3;1H. The number of halogens is 1. The van der Waals surface area contributed by atoms with E-state index in [-0.39, 0.29) is 12.4 Å². The Morgan fingerprint density at radius 1 is 1.06 bits per heavy atom. The molecule has 1 aliphatic rings. The van der Waals surface area contributed by atoms with Gasteiger partial charge in [-0.2, -0.15) is 0 Å². The Bertz CT molecular complexity index is 560. The molecule has 1 aromatic heterocycles. The predicted octanol–water partition coefficient (Wildman–Crippen LogP) is 3.87. The summed E-state index contributed by atoms with van der Waals surface area (Å²) in [5, 5.41) is 1.30. The first-order chi connectivity index (χ1) is 8.24. The minimum atomic E-state index is 0. The van der Waals surface area contributed by atoms with Gasteiger partial charge in [0.15, 0.2) is 0 Å². The second kappa shape index (κ2) is 5.15. The summed E-state index contributed by atoms with van der Waals surface area (Å²) in [5.41, 5.74) is 4.91. The average Bonchev–Trinajstić information content (AvgIpc) is 2.82. The van der Waals surface area contributed by atoms with Crippen molar-refractivity contribution in [3.63, 3.8) is 0 Å². The van der Waals surface area contributed by atoms with Gasteiger partial charge in [0, 0.05) is 29.9 Å². The Kier molecular flexibility index (Phi) is 3.76. The van der Waals surface area contributed by atoms with Crippen LogP contribution >= 0.6 is 12.4 Å². The highest BCUT2D eigenvalue weighted by atomic mass is 35.5. The number of anilines is 1. The molecule has 1 aromatic carbocycles.